The topological polar surface area (TPSA) is 59.5 Å². The van der Waals surface area contributed by atoms with Crippen molar-refractivity contribution in [2.75, 3.05) is 13.1 Å². The van der Waals surface area contributed by atoms with E-state index in [9.17, 15) is 17.2 Å². The monoisotopic (exact) mass is 438 g/mol. The van der Waals surface area contributed by atoms with Crippen molar-refractivity contribution < 1.29 is 21.9 Å². The highest BCUT2D eigenvalue weighted by Gasteiger charge is 2.32. The second kappa shape index (κ2) is 7.62. The van der Waals surface area contributed by atoms with Gasteiger partial charge in [0.25, 0.3) is 5.19 Å². The van der Waals surface area contributed by atoms with E-state index < -0.39 is 26.6 Å². The molecule has 0 spiro atoms. The van der Waals surface area contributed by atoms with E-state index in [4.69, 9.17) is 4.74 Å². The number of hydrogen-bond donors (Lipinski definition) is 0. The molecule has 1 aliphatic heterocycles. The number of fused-ring (bicyclic) bond motifs is 1. The number of rotatable bonds is 4. The third kappa shape index (κ3) is 3.86. The molecule has 1 saturated heterocycles. The molecule has 3 aromatic rings. The van der Waals surface area contributed by atoms with Gasteiger partial charge in [0.1, 0.15) is 22.6 Å². The minimum absolute atomic E-state index is 0.166. The molecule has 0 radical (unpaired) electrons. The SMILES string of the molecule is Cc1ccc(C)c2sc(OC3CCN(S(=O)(=O)c4ccc(F)cc4F)CC3)nc12. The molecule has 1 aliphatic rings. The first-order chi connectivity index (χ1) is 13.8. The van der Waals surface area contributed by atoms with E-state index in [2.05, 4.69) is 11.1 Å². The number of hydrogen-bond acceptors (Lipinski definition) is 5. The Morgan fingerprint density at radius 2 is 1.79 bits per heavy atom. The number of aromatic nitrogens is 1. The number of halogens is 2. The van der Waals surface area contributed by atoms with Gasteiger partial charge in [0.2, 0.25) is 10.0 Å². The lowest BCUT2D eigenvalue weighted by Gasteiger charge is -2.30. The van der Waals surface area contributed by atoms with Gasteiger partial charge in [-0.1, -0.05) is 23.5 Å². The molecule has 0 saturated carbocycles. The molecule has 9 heteroatoms. The predicted molar refractivity (Wildman–Crippen MR) is 108 cm³/mol. The first-order valence-corrected chi connectivity index (χ1v) is 11.5. The van der Waals surface area contributed by atoms with E-state index >= 15 is 0 Å². The smallest absolute Gasteiger partial charge is 0.274 e. The van der Waals surface area contributed by atoms with Crippen molar-refractivity contribution in [2.24, 2.45) is 0 Å². The fraction of sp³-hybridized carbons (Fsp3) is 0.350. The number of nitrogens with zero attached hydrogens (tertiary/aromatic N) is 2. The van der Waals surface area contributed by atoms with Gasteiger partial charge in [0.05, 0.1) is 10.2 Å². The van der Waals surface area contributed by atoms with Crippen LogP contribution in [0.1, 0.15) is 24.0 Å². The molecule has 0 N–H and O–H groups in total. The Hall–Kier alpha value is -2.10. The Bertz CT molecular complexity index is 1130. The van der Waals surface area contributed by atoms with Gasteiger partial charge in [0, 0.05) is 19.2 Å². The molecular formula is C20H20F2N2O3S2. The molecule has 1 aromatic heterocycles. The molecule has 0 aliphatic carbocycles. The molecule has 0 amide bonds. The van der Waals surface area contributed by atoms with Crippen LogP contribution in [-0.2, 0) is 10.0 Å². The van der Waals surface area contributed by atoms with Crippen LogP contribution in [0.15, 0.2) is 35.2 Å². The Morgan fingerprint density at radius 3 is 2.45 bits per heavy atom. The zero-order chi connectivity index (χ0) is 20.8. The molecule has 0 bridgehead atoms. The van der Waals surface area contributed by atoms with Crippen LogP contribution in [0.3, 0.4) is 0 Å². The van der Waals surface area contributed by atoms with Crippen LogP contribution in [0.2, 0.25) is 0 Å². The van der Waals surface area contributed by atoms with Crippen molar-refractivity contribution in [3.63, 3.8) is 0 Å². The lowest BCUT2D eigenvalue weighted by Crippen LogP contribution is -2.42. The third-order valence-corrected chi connectivity index (χ3v) is 8.12. The lowest BCUT2D eigenvalue weighted by molar-refractivity contribution is 0.135. The maximum atomic E-state index is 14.0. The maximum absolute atomic E-state index is 14.0. The van der Waals surface area contributed by atoms with Crippen molar-refractivity contribution in [1.82, 2.24) is 9.29 Å². The molecule has 0 atom stereocenters. The highest BCUT2D eigenvalue weighted by Crippen LogP contribution is 2.34. The number of thiazole rings is 1. The van der Waals surface area contributed by atoms with Crippen molar-refractivity contribution >= 4 is 31.6 Å². The zero-order valence-electron chi connectivity index (χ0n) is 16.0. The standard InChI is InChI=1S/C20H20F2N2O3S2/c1-12-3-4-13(2)19-18(12)23-20(28-19)27-15-7-9-24(10-8-15)29(25,26)17-6-5-14(21)11-16(17)22/h3-6,11,15H,7-10H2,1-2H3. The van der Waals surface area contributed by atoms with Crippen LogP contribution in [0.25, 0.3) is 10.2 Å². The van der Waals surface area contributed by atoms with Crippen LogP contribution >= 0.6 is 11.3 Å². The van der Waals surface area contributed by atoms with E-state index in [1.807, 2.05) is 19.9 Å². The van der Waals surface area contributed by atoms with Gasteiger partial charge in [-0.3, -0.25) is 0 Å². The van der Waals surface area contributed by atoms with Crippen molar-refractivity contribution in [3.8, 4) is 5.19 Å². The third-order valence-electron chi connectivity index (χ3n) is 5.10. The molecule has 1 fully saturated rings. The molecule has 0 unspecified atom stereocenters. The number of benzene rings is 2. The van der Waals surface area contributed by atoms with Crippen molar-refractivity contribution in [1.29, 1.82) is 0 Å². The van der Waals surface area contributed by atoms with Crippen LogP contribution in [0.5, 0.6) is 5.19 Å². The maximum Gasteiger partial charge on any atom is 0.274 e. The summed E-state index contributed by atoms with van der Waals surface area (Å²) < 4.78 is 60.8. The quantitative estimate of drug-likeness (QED) is 0.605. The Kier molecular flexibility index (Phi) is 5.30. The van der Waals surface area contributed by atoms with Crippen LogP contribution < -0.4 is 4.74 Å². The van der Waals surface area contributed by atoms with Gasteiger partial charge < -0.3 is 4.74 Å². The molecular weight excluding hydrogens is 418 g/mol. The average Bonchev–Trinajstić information content (AvgIpc) is 3.10. The lowest BCUT2D eigenvalue weighted by atomic mass is 10.1. The van der Waals surface area contributed by atoms with Crippen molar-refractivity contribution in [2.45, 2.75) is 37.7 Å². The molecule has 154 valence electrons. The number of sulfonamides is 1. The Labute approximate surface area is 172 Å². The molecule has 2 heterocycles. The summed E-state index contributed by atoms with van der Waals surface area (Å²) in [5.41, 5.74) is 3.15. The van der Waals surface area contributed by atoms with Gasteiger partial charge >= 0.3 is 0 Å². The normalized spacial score (nSPS) is 16.4. The summed E-state index contributed by atoms with van der Waals surface area (Å²) in [5, 5.41) is 0.572. The fourth-order valence-electron chi connectivity index (χ4n) is 3.45. The summed E-state index contributed by atoms with van der Waals surface area (Å²) in [7, 11) is -4.01. The van der Waals surface area contributed by atoms with Crippen LogP contribution in [0.4, 0.5) is 8.78 Å². The van der Waals surface area contributed by atoms with Gasteiger partial charge in [0.15, 0.2) is 0 Å². The fourth-order valence-corrected chi connectivity index (χ4v) is 5.99. The van der Waals surface area contributed by atoms with E-state index in [1.165, 1.54) is 15.6 Å². The average molecular weight is 439 g/mol. The Morgan fingerprint density at radius 1 is 1.10 bits per heavy atom. The highest BCUT2D eigenvalue weighted by atomic mass is 32.2. The predicted octanol–water partition coefficient (Wildman–Crippen LogP) is 4.42. The summed E-state index contributed by atoms with van der Waals surface area (Å²) in [5.74, 6) is -1.89. The van der Waals surface area contributed by atoms with Gasteiger partial charge in [-0.05, 0) is 49.9 Å². The highest BCUT2D eigenvalue weighted by molar-refractivity contribution is 7.89. The molecule has 5 nitrogen and oxygen atoms in total. The summed E-state index contributed by atoms with van der Waals surface area (Å²) >= 11 is 1.49. The van der Waals surface area contributed by atoms with E-state index in [0.717, 1.165) is 33.5 Å². The molecule has 2 aromatic carbocycles. The van der Waals surface area contributed by atoms with Crippen molar-refractivity contribution in [3.05, 3.63) is 53.1 Å². The second-order valence-electron chi connectivity index (χ2n) is 7.15. The number of aryl methyl sites for hydroxylation is 2. The van der Waals surface area contributed by atoms with E-state index in [1.54, 1.807) is 0 Å². The van der Waals surface area contributed by atoms with Gasteiger partial charge in [-0.25, -0.2) is 22.2 Å². The summed E-state index contributed by atoms with van der Waals surface area (Å²) in [6, 6.07) is 6.58. The largest absolute Gasteiger partial charge is 0.467 e. The minimum atomic E-state index is -4.01. The van der Waals surface area contributed by atoms with E-state index in [0.29, 0.717) is 24.1 Å². The summed E-state index contributed by atoms with van der Waals surface area (Å²) in [6.45, 7) is 4.43. The number of piperidine rings is 1. The van der Waals surface area contributed by atoms with Crippen LogP contribution in [0, 0.1) is 25.5 Å². The first-order valence-electron chi connectivity index (χ1n) is 9.24. The number of ether oxygens (including phenoxy) is 1. The summed E-state index contributed by atoms with van der Waals surface area (Å²) in [6.07, 6.45) is 0.770. The van der Waals surface area contributed by atoms with Gasteiger partial charge in [-0.15, -0.1) is 0 Å². The molecule has 4 rings (SSSR count). The summed E-state index contributed by atoms with van der Waals surface area (Å²) in [4.78, 5) is 4.08. The van der Waals surface area contributed by atoms with Crippen LogP contribution in [-0.4, -0.2) is 36.9 Å². The van der Waals surface area contributed by atoms with Gasteiger partial charge in [-0.2, -0.15) is 4.31 Å². The minimum Gasteiger partial charge on any atom is -0.467 e. The second-order valence-corrected chi connectivity index (χ2v) is 10.0. The Balaban J connectivity index is 1.46. The van der Waals surface area contributed by atoms with E-state index in [-0.39, 0.29) is 19.2 Å². The first kappa shape index (κ1) is 20.2. The zero-order valence-corrected chi connectivity index (χ0v) is 17.6. The molecule has 29 heavy (non-hydrogen) atoms.